The molecule has 1 rings (SSSR count). The van der Waals surface area contributed by atoms with Crippen LogP contribution in [0, 0.1) is 5.92 Å². The maximum Gasteiger partial charge on any atom is 0.227 e. The van der Waals surface area contributed by atoms with Crippen molar-refractivity contribution >= 4 is 5.91 Å². The number of aliphatic hydroxyl groups is 1. The molecule has 86 valence electrons. The van der Waals surface area contributed by atoms with E-state index in [1.54, 1.807) is 0 Å². The Kier molecular flexibility index (Phi) is 4.74. The second kappa shape index (κ2) is 5.85. The summed E-state index contributed by atoms with van der Waals surface area (Å²) in [6.45, 7) is 0.437. The molecule has 15 heavy (non-hydrogen) atoms. The van der Waals surface area contributed by atoms with Gasteiger partial charge in [-0.2, -0.15) is 0 Å². The molecule has 0 saturated heterocycles. The third-order valence-corrected chi connectivity index (χ3v) is 2.32. The number of nitrogens with two attached hydrogens (primary N) is 1. The minimum atomic E-state index is -0.655. The van der Waals surface area contributed by atoms with Crippen LogP contribution in [0.25, 0.3) is 0 Å². The lowest BCUT2D eigenvalue weighted by Crippen LogP contribution is -2.37. The molecular formula is C10H18N2O3. The van der Waals surface area contributed by atoms with Gasteiger partial charge in [0.25, 0.3) is 0 Å². The fourth-order valence-electron chi connectivity index (χ4n) is 1.52. The van der Waals surface area contributed by atoms with Crippen molar-refractivity contribution in [2.75, 3.05) is 20.3 Å². The van der Waals surface area contributed by atoms with E-state index in [9.17, 15) is 9.90 Å². The molecular weight excluding hydrogens is 196 g/mol. The predicted octanol–water partition coefficient (Wildman–Crippen LogP) is -0.987. The number of aliphatic hydroxyl groups excluding tert-OH is 1. The highest BCUT2D eigenvalue weighted by molar-refractivity contribution is 5.81. The van der Waals surface area contributed by atoms with Crippen LogP contribution >= 0.6 is 0 Å². The summed E-state index contributed by atoms with van der Waals surface area (Å²) in [7, 11) is 1.50. The normalized spacial score (nSPS) is 26.6. The smallest absolute Gasteiger partial charge is 0.227 e. The van der Waals surface area contributed by atoms with Crippen LogP contribution in [0.1, 0.15) is 6.42 Å². The molecule has 1 aliphatic rings. The number of amides is 1. The van der Waals surface area contributed by atoms with E-state index in [0.717, 1.165) is 0 Å². The Bertz CT molecular complexity index is 243. The third-order valence-electron chi connectivity index (χ3n) is 2.32. The molecule has 0 aromatic carbocycles. The molecule has 0 saturated carbocycles. The highest BCUT2D eigenvalue weighted by Gasteiger charge is 2.22. The van der Waals surface area contributed by atoms with Crippen LogP contribution < -0.4 is 11.1 Å². The van der Waals surface area contributed by atoms with Gasteiger partial charge in [-0.25, -0.2) is 0 Å². The van der Waals surface area contributed by atoms with Crippen molar-refractivity contribution < 1.29 is 14.6 Å². The number of ether oxygens (including phenoxy) is 1. The van der Waals surface area contributed by atoms with Crippen molar-refractivity contribution in [1.82, 2.24) is 5.32 Å². The first-order valence-electron chi connectivity index (χ1n) is 5.02. The zero-order valence-corrected chi connectivity index (χ0v) is 8.85. The van der Waals surface area contributed by atoms with E-state index < -0.39 is 6.10 Å². The Morgan fingerprint density at radius 2 is 2.47 bits per heavy atom. The average Bonchev–Trinajstić information content (AvgIpc) is 2.62. The van der Waals surface area contributed by atoms with E-state index in [1.807, 2.05) is 12.2 Å². The van der Waals surface area contributed by atoms with Crippen LogP contribution in [0.4, 0.5) is 0 Å². The van der Waals surface area contributed by atoms with E-state index >= 15 is 0 Å². The van der Waals surface area contributed by atoms with Crippen molar-refractivity contribution in [3.63, 3.8) is 0 Å². The van der Waals surface area contributed by atoms with Crippen LogP contribution in [0.15, 0.2) is 12.2 Å². The van der Waals surface area contributed by atoms with E-state index in [0.29, 0.717) is 6.42 Å². The largest absolute Gasteiger partial charge is 0.389 e. The number of nitrogens with one attached hydrogen (secondary N) is 1. The molecule has 5 nitrogen and oxygen atoms in total. The monoisotopic (exact) mass is 214 g/mol. The second-order valence-electron chi connectivity index (χ2n) is 3.75. The molecule has 0 aromatic heterocycles. The van der Waals surface area contributed by atoms with Gasteiger partial charge in [-0.3, -0.25) is 4.79 Å². The van der Waals surface area contributed by atoms with Gasteiger partial charge in [0.1, 0.15) is 0 Å². The van der Waals surface area contributed by atoms with Crippen molar-refractivity contribution in [3.8, 4) is 0 Å². The van der Waals surface area contributed by atoms with Gasteiger partial charge in [0.2, 0.25) is 5.91 Å². The van der Waals surface area contributed by atoms with E-state index in [4.69, 9.17) is 10.5 Å². The zero-order chi connectivity index (χ0) is 11.3. The van der Waals surface area contributed by atoms with Gasteiger partial charge < -0.3 is 20.9 Å². The second-order valence-corrected chi connectivity index (χ2v) is 3.75. The van der Waals surface area contributed by atoms with Crippen LogP contribution in [-0.2, 0) is 9.53 Å². The number of hydrogen-bond acceptors (Lipinski definition) is 4. The molecule has 0 heterocycles. The molecule has 1 amide bonds. The molecule has 0 fully saturated rings. The van der Waals surface area contributed by atoms with Gasteiger partial charge in [-0.15, -0.1) is 0 Å². The molecule has 0 aliphatic heterocycles. The van der Waals surface area contributed by atoms with Crippen molar-refractivity contribution in [1.29, 1.82) is 0 Å². The van der Waals surface area contributed by atoms with Crippen molar-refractivity contribution in [3.05, 3.63) is 12.2 Å². The fourth-order valence-corrected chi connectivity index (χ4v) is 1.52. The first-order valence-corrected chi connectivity index (χ1v) is 5.02. The van der Waals surface area contributed by atoms with Crippen LogP contribution in [0.5, 0.6) is 0 Å². The molecule has 5 heteroatoms. The van der Waals surface area contributed by atoms with E-state index in [-0.39, 0.29) is 31.0 Å². The summed E-state index contributed by atoms with van der Waals surface area (Å²) in [5.41, 5.74) is 5.63. The maximum atomic E-state index is 11.5. The Morgan fingerprint density at radius 3 is 3.00 bits per heavy atom. The highest BCUT2D eigenvalue weighted by Crippen LogP contribution is 2.15. The Balaban J connectivity index is 2.22. The quantitative estimate of drug-likeness (QED) is 0.513. The predicted molar refractivity (Wildman–Crippen MR) is 56.1 cm³/mol. The van der Waals surface area contributed by atoms with E-state index in [2.05, 4.69) is 5.32 Å². The molecule has 1 aliphatic carbocycles. The van der Waals surface area contributed by atoms with Crippen LogP contribution in [-0.4, -0.2) is 43.4 Å². The first kappa shape index (κ1) is 12.2. The number of methoxy groups -OCH3 is 1. The fraction of sp³-hybridized carbons (Fsp3) is 0.700. The topological polar surface area (TPSA) is 84.6 Å². The lowest BCUT2D eigenvalue weighted by molar-refractivity contribution is -0.124. The maximum absolute atomic E-state index is 11.5. The highest BCUT2D eigenvalue weighted by atomic mass is 16.5. The SMILES string of the molecule is COCC(O)CNC(=O)C1C=CC(N)C1. The van der Waals surface area contributed by atoms with Gasteiger partial charge in [-0.1, -0.05) is 12.2 Å². The number of carbonyl (C=O) groups is 1. The first-order chi connectivity index (χ1) is 7.13. The number of carbonyl (C=O) groups excluding carboxylic acids is 1. The molecule has 4 N–H and O–H groups in total. The van der Waals surface area contributed by atoms with Gasteiger partial charge in [0.05, 0.1) is 18.6 Å². The van der Waals surface area contributed by atoms with Gasteiger partial charge in [0, 0.05) is 19.7 Å². The summed E-state index contributed by atoms with van der Waals surface area (Å²) in [4.78, 5) is 11.5. The molecule has 3 unspecified atom stereocenters. The molecule has 0 bridgehead atoms. The minimum Gasteiger partial charge on any atom is -0.389 e. The average molecular weight is 214 g/mol. The summed E-state index contributed by atoms with van der Waals surface area (Å²) in [5.74, 6) is -0.246. The lowest BCUT2D eigenvalue weighted by Gasteiger charge is -2.13. The summed E-state index contributed by atoms with van der Waals surface area (Å²) in [5, 5.41) is 12.0. The van der Waals surface area contributed by atoms with Crippen molar-refractivity contribution in [2.45, 2.75) is 18.6 Å². The minimum absolute atomic E-state index is 0.0235. The summed E-state index contributed by atoms with van der Waals surface area (Å²) >= 11 is 0. The molecule has 0 radical (unpaired) electrons. The lowest BCUT2D eigenvalue weighted by atomic mass is 10.1. The molecule has 3 atom stereocenters. The summed E-state index contributed by atoms with van der Waals surface area (Å²) < 4.78 is 4.74. The Hall–Kier alpha value is -0.910. The molecule has 0 spiro atoms. The molecule has 0 aromatic rings. The summed E-state index contributed by atoms with van der Waals surface area (Å²) in [6, 6.07) is -0.0235. The zero-order valence-electron chi connectivity index (χ0n) is 8.85. The third kappa shape index (κ3) is 3.99. The van der Waals surface area contributed by atoms with Crippen LogP contribution in [0.3, 0.4) is 0 Å². The standard InChI is InChI=1S/C10H18N2O3/c1-15-6-9(13)5-12-10(14)7-2-3-8(11)4-7/h2-3,7-9,13H,4-6,11H2,1H3,(H,12,14). The van der Waals surface area contributed by atoms with E-state index in [1.165, 1.54) is 7.11 Å². The van der Waals surface area contributed by atoms with Gasteiger partial charge >= 0.3 is 0 Å². The van der Waals surface area contributed by atoms with Crippen LogP contribution in [0.2, 0.25) is 0 Å². The van der Waals surface area contributed by atoms with Crippen molar-refractivity contribution in [2.24, 2.45) is 11.7 Å². The Morgan fingerprint density at radius 1 is 1.73 bits per heavy atom. The summed E-state index contributed by atoms with van der Waals surface area (Å²) in [6.07, 6.45) is 3.63. The Labute approximate surface area is 89.3 Å². The number of rotatable bonds is 5. The number of hydrogen-bond donors (Lipinski definition) is 3. The van der Waals surface area contributed by atoms with Gasteiger partial charge in [-0.05, 0) is 6.42 Å². The van der Waals surface area contributed by atoms with Gasteiger partial charge in [0.15, 0.2) is 0 Å².